The van der Waals surface area contributed by atoms with Crippen molar-refractivity contribution in [1.29, 1.82) is 0 Å². The molecule has 0 aliphatic heterocycles. The molecule has 20 heavy (non-hydrogen) atoms. The molecule has 0 rings (SSSR count). The Balaban J connectivity index is 3.95. The van der Waals surface area contributed by atoms with Crippen LogP contribution in [0.5, 0.6) is 0 Å². The fraction of sp³-hybridized carbons (Fsp3) is 0.857. The molecule has 0 fully saturated rings. The van der Waals surface area contributed by atoms with Gasteiger partial charge in [-0.15, -0.1) is 0 Å². The second-order valence-electron chi connectivity index (χ2n) is 4.55. The summed E-state index contributed by atoms with van der Waals surface area (Å²) in [6, 6.07) is 0. The average molecular weight is 416 g/mol. The van der Waals surface area contributed by atoms with Crippen molar-refractivity contribution >= 4 is 43.8 Å². The molecular formula is C14H24Br2O4. The van der Waals surface area contributed by atoms with Crippen LogP contribution in [-0.2, 0) is 19.1 Å². The second kappa shape index (κ2) is 12.6. The summed E-state index contributed by atoms with van der Waals surface area (Å²) in [5.41, 5.74) is 0. The first-order valence-electron chi connectivity index (χ1n) is 7.16. The third-order valence-corrected chi connectivity index (χ3v) is 5.21. The molecule has 4 nitrogen and oxygen atoms in total. The van der Waals surface area contributed by atoms with Gasteiger partial charge in [0, 0.05) is 0 Å². The van der Waals surface area contributed by atoms with Gasteiger partial charge in [-0.3, -0.25) is 9.59 Å². The minimum Gasteiger partial charge on any atom is -0.465 e. The Morgan fingerprint density at radius 3 is 1.45 bits per heavy atom. The van der Waals surface area contributed by atoms with Crippen molar-refractivity contribution in [1.82, 2.24) is 0 Å². The summed E-state index contributed by atoms with van der Waals surface area (Å²) in [4.78, 5) is 22.0. The SMILES string of the molecule is CCCCCOC(=O)C(Br)C(Br)C(=O)OCCCCC. The molecule has 118 valence electrons. The van der Waals surface area contributed by atoms with E-state index in [1.54, 1.807) is 0 Å². The average Bonchev–Trinajstić information content (AvgIpc) is 2.46. The number of halogens is 2. The molecule has 6 heteroatoms. The maximum Gasteiger partial charge on any atom is 0.321 e. The molecule has 2 atom stereocenters. The topological polar surface area (TPSA) is 52.6 Å². The summed E-state index contributed by atoms with van der Waals surface area (Å²) in [7, 11) is 0. The van der Waals surface area contributed by atoms with Gasteiger partial charge in [0.05, 0.1) is 13.2 Å². The lowest BCUT2D eigenvalue weighted by Gasteiger charge is -2.15. The molecule has 0 N–H and O–H groups in total. The number of carbonyl (C=O) groups excluding carboxylic acids is 2. The summed E-state index contributed by atoms with van der Waals surface area (Å²) >= 11 is 6.36. The van der Waals surface area contributed by atoms with E-state index in [1.165, 1.54) is 0 Å². The summed E-state index contributed by atoms with van der Waals surface area (Å²) in [6.07, 6.45) is 5.88. The predicted molar refractivity (Wildman–Crippen MR) is 86.4 cm³/mol. The monoisotopic (exact) mass is 414 g/mol. The molecule has 0 spiro atoms. The highest BCUT2D eigenvalue weighted by Crippen LogP contribution is 2.18. The van der Waals surface area contributed by atoms with Gasteiger partial charge in [-0.25, -0.2) is 0 Å². The largest absolute Gasteiger partial charge is 0.465 e. The number of hydrogen-bond acceptors (Lipinski definition) is 4. The minimum absolute atomic E-state index is 0.389. The number of hydrogen-bond donors (Lipinski definition) is 0. The Kier molecular flexibility index (Phi) is 12.6. The van der Waals surface area contributed by atoms with Crippen molar-refractivity contribution in [2.24, 2.45) is 0 Å². The molecule has 0 aliphatic rings. The number of esters is 2. The zero-order chi connectivity index (χ0) is 15.4. The first-order valence-corrected chi connectivity index (χ1v) is 8.99. The van der Waals surface area contributed by atoms with Crippen molar-refractivity contribution in [3.63, 3.8) is 0 Å². The van der Waals surface area contributed by atoms with Crippen molar-refractivity contribution in [3.05, 3.63) is 0 Å². The van der Waals surface area contributed by atoms with Gasteiger partial charge in [-0.05, 0) is 12.8 Å². The van der Waals surface area contributed by atoms with E-state index in [1.807, 2.05) is 0 Å². The lowest BCUT2D eigenvalue weighted by atomic mass is 10.2. The Morgan fingerprint density at radius 1 is 0.800 bits per heavy atom. The van der Waals surface area contributed by atoms with Crippen LogP contribution < -0.4 is 0 Å². The van der Waals surface area contributed by atoms with E-state index in [0.717, 1.165) is 38.5 Å². The maximum atomic E-state index is 11.7. The van der Waals surface area contributed by atoms with Crippen LogP contribution in [0.3, 0.4) is 0 Å². The van der Waals surface area contributed by atoms with E-state index in [-0.39, 0.29) is 0 Å². The zero-order valence-electron chi connectivity index (χ0n) is 12.2. The van der Waals surface area contributed by atoms with E-state index in [0.29, 0.717) is 13.2 Å². The summed E-state index contributed by atoms with van der Waals surface area (Å²) < 4.78 is 10.2. The Hall–Kier alpha value is -0.100. The highest BCUT2D eigenvalue weighted by atomic mass is 79.9. The first kappa shape index (κ1) is 19.9. The molecule has 0 aromatic heterocycles. The number of unbranched alkanes of at least 4 members (excludes halogenated alkanes) is 4. The fourth-order valence-corrected chi connectivity index (χ4v) is 2.14. The minimum atomic E-state index is -0.720. The molecule has 0 aliphatic carbocycles. The van der Waals surface area contributed by atoms with E-state index in [4.69, 9.17) is 9.47 Å². The van der Waals surface area contributed by atoms with Gasteiger partial charge in [0.15, 0.2) is 0 Å². The Morgan fingerprint density at radius 2 is 1.15 bits per heavy atom. The molecule has 0 saturated heterocycles. The van der Waals surface area contributed by atoms with Gasteiger partial charge >= 0.3 is 11.9 Å². The van der Waals surface area contributed by atoms with Crippen LogP contribution in [0.25, 0.3) is 0 Å². The van der Waals surface area contributed by atoms with E-state index in [9.17, 15) is 9.59 Å². The fourth-order valence-electron chi connectivity index (χ4n) is 1.45. The van der Waals surface area contributed by atoms with Gasteiger partial charge < -0.3 is 9.47 Å². The molecule has 0 radical (unpaired) electrons. The van der Waals surface area contributed by atoms with E-state index in [2.05, 4.69) is 45.7 Å². The number of carbonyl (C=O) groups is 2. The van der Waals surface area contributed by atoms with E-state index < -0.39 is 21.6 Å². The quantitative estimate of drug-likeness (QED) is 0.291. The van der Waals surface area contributed by atoms with Crippen LogP contribution in [0.4, 0.5) is 0 Å². The molecular weight excluding hydrogens is 392 g/mol. The summed E-state index contributed by atoms with van der Waals surface area (Å²) in [5, 5.41) is 0. The predicted octanol–water partition coefficient (Wildman–Crippen LogP) is 3.98. The molecule has 0 amide bonds. The summed E-state index contributed by atoms with van der Waals surface area (Å²) in [6.45, 7) is 4.94. The lowest BCUT2D eigenvalue weighted by Crippen LogP contribution is -2.34. The maximum absolute atomic E-state index is 11.7. The van der Waals surface area contributed by atoms with Crippen LogP contribution in [0.2, 0.25) is 0 Å². The summed E-state index contributed by atoms with van der Waals surface area (Å²) in [5.74, 6) is -0.873. The van der Waals surface area contributed by atoms with Gasteiger partial charge in [0.25, 0.3) is 0 Å². The molecule has 0 bridgehead atoms. The smallest absolute Gasteiger partial charge is 0.321 e. The van der Waals surface area contributed by atoms with Gasteiger partial charge in [0.2, 0.25) is 0 Å². The molecule has 0 aromatic rings. The second-order valence-corrected chi connectivity index (χ2v) is 6.53. The van der Waals surface area contributed by atoms with Crippen molar-refractivity contribution in [2.75, 3.05) is 13.2 Å². The van der Waals surface area contributed by atoms with Crippen LogP contribution in [0, 0.1) is 0 Å². The van der Waals surface area contributed by atoms with Crippen LogP contribution >= 0.6 is 31.9 Å². The van der Waals surface area contributed by atoms with Gasteiger partial charge in [0.1, 0.15) is 9.65 Å². The van der Waals surface area contributed by atoms with Crippen LogP contribution in [0.15, 0.2) is 0 Å². The molecule has 2 unspecified atom stereocenters. The van der Waals surface area contributed by atoms with Gasteiger partial charge in [-0.1, -0.05) is 71.4 Å². The third-order valence-electron chi connectivity index (χ3n) is 2.69. The van der Waals surface area contributed by atoms with Gasteiger partial charge in [-0.2, -0.15) is 0 Å². The highest BCUT2D eigenvalue weighted by Gasteiger charge is 2.31. The van der Waals surface area contributed by atoms with E-state index >= 15 is 0 Å². The molecule has 0 heterocycles. The van der Waals surface area contributed by atoms with Crippen LogP contribution in [-0.4, -0.2) is 34.8 Å². The normalized spacial score (nSPS) is 13.6. The zero-order valence-corrected chi connectivity index (χ0v) is 15.4. The lowest BCUT2D eigenvalue weighted by molar-refractivity contribution is -0.149. The molecule has 0 saturated carbocycles. The Bertz CT molecular complexity index is 256. The molecule has 0 aromatic carbocycles. The van der Waals surface area contributed by atoms with Crippen LogP contribution in [0.1, 0.15) is 52.4 Å². The standard InChI is InChI=1S/C14H24Br2O4/c1-3-5-7-9-19-13(17)11(15)12(16)14(18)20-10-8-6-4-2/h11-12H,3-10H2,1-2H3. The number of rotatable bonds is 11. The van der Waals surface area contributed by atoms with Crippen molar-refractivity contribution in [3.8, 4) is 0 Å². The number of ether oxygens (including phenoxy) is 2. The number of alkyl halides is 2. The first-order chi connectivity index (χ1) is 9.54. The highest BCUT2D eigenvalue weighted by molar-refractivity contribution is 9.12. The third kappa shape index (κ3) is 8.95. The van der Waals surface area contributed by atoms with Crippen molar-refractivity contribution in [2.45, 2.75) is 62.0 Å². The Labute approximate surface area is 138 Å². The van der Waals surface area contributed by atoms with Crippen molar-refractivity contribution < 1.29 is 19.1 Å².